The number of carbonyl (C=O) groups excluding carboxylic acids is 2. The molecule has 0 bridgehead atoms. The van der Waals surface area contributed by atoms with E-state index in [0.717, 1.165) is 25.6 Å². The van der Waals surface area contributed by atoms with Crippen molar-refractivity contribution in [2.24, 2.45) is 0 Å². The second-order valence-corrected chi connectivity index (χ2v) is 8.44. The van der Waals surface area contributed by atoms with Crippen LogP contribution in [0.4, 0.5) is 4.79 Å². The van der Waals surface area contributed by atoms with Crippen LogP contribution in [0.3, 0.4) is 0 Å². The molecule has 2 heterocycles. The van der Waals surface area contributed by atoms with Gasteiger partial charge in [-0.2, -0.15) is 0 Å². The number of ether oxygens (including phenoxy) is 1. The molecule has 0 aromatic heterocycles. The van der Waals surface area contributed by atoms with E-state index in [4.69, 9.17) is 4.74 Å². The topological polar surface area (TPSA) is 65.1 Å². The van der Waals surface area contributed by atoms with Gasteiger partial charge in [-0.3, -0.25) is 9.69 Å². The summed E-state index contributed by atoms with van der Waals surface area (Å²) in [6.45, 7) is 10.5. The molecule has 7 heteroatoms. The van der Waals surface area contributed by atoms with Gasteiger partial charge in [0.25, 0.3) is 0 Å². The van der Waals surface area contributed by atoms with Gasteiger partial charge < -0.3 is 19.9 Å². The normalized spacial score (nSPS) is 25.3. The molecule has 25 heavy (non-hydrogen) atoms. The smallest absolute Gasteiger partial charge is 0.410 e. The predicted molar refractivity (Wildman–Crippen MR) is 95.4 cm³/mol. The van der Waals surface area contributed by atoms with Crippen LogP contribution in [-0.2, 0) is 9.53 Å². The van der Waals surface area contributed by atoms with Gasteiger partial charge in [-0.05, 0) is 40.0 Å². The van der Waals surface area contributed by atoms with Gasteiger partial charge in [0, 0.05) is 51.4 Å². The van der Waals surface area contributed by atoms with Crippen LogP contribution in [0, 0.1) is 0 Å². The van der Waals surface area contributed by atoms with Gasteiger partial charge >= 0.3 is 6.09 Å². The number of hydrogen-bond acceptors (Lipinski definition) is 5. The summed E-state index contributed by atoms with van der Waals surface area (Å²) in [7, 11) is 0. The van der Waals surface area contributed by atoms with E-state index in [0.29, 0.717) is 38.8 Å². The fourth-order valence-electron chi connectivity index (χ4n) is 3.53. The zero-order valence-electron chi connectivity index (χ0n) is 15.8. The van der Waals surface area contributed by atoms with Gasteiger partial charge in [-0.25, -0.2) is 4.79 Å². The number of piperazine rings is 1. The first kappa shape index (κ1) is 18.5. The van der Waals surface area contributed by atoms with Crippen LogP contribution in [0.2, 0.25) is 0 Å². The molecule has 0 aromatic carbocycles. The van der Waals surface area contributed by atoms with Crippen molar-refractivity contribution in [2.45, 2.75) is 57.7 Å². The molecule has 1 atom stereocenters. The Hall–Kier alpha value is -1.34. The van der Waals surface area contributed by atoms with Crippen molar-refractivity contribution in [3.05, 3.63) is 0 Å². The second kappa shape index (κ2) is 7.50. The highest BCUT2D eigenvalue weighted by molar-refractivity contribution is 5.78. The Kier molecular flexibility index (Phi) is 5.53. The van der Waals surface area contributed by atoms with Crippen LogP contribution in [-0.4, -0.2) is 90.2 Å². The zero-order valence-corrected chi connectivity index (χ0v) is 15.8. The Bertz CT molecular complexity index is 493. The minimum absolute atomic E-state index is 0.133. The molecule has 2 amide bonds. The Labute approximate surface area is 150 Å². The molecule has 1 saturated carbocycles. The van der Waals surface area contributed by atoms with Gasteiger partial charge in [0.05, 0.1) is 6.54 Å². The van der Waals surface area contributed by atoms with Crippen molar-refractivity contribution in [1.29, 1.82) is 0 Å². The van der Waals surface area contributed by atoms with Crippen LogP contribution in [0.15, 0.2) is 0 Å². The van der Waals surface area contributed by atoms with Gasteiger partial charge in [0.15, 0.2) is 0 Å². The maximum absolute atomic E-state index is 12.4. The lowest BCUT2D eigenvalue weighted by Gasteiger charge is -2.35. The van der Waals surface area contributed by atoms with Crippen molar-refractivity contribution < 1.29 is 14.3 Å². The summed E-state index contributed by atoms with van der Waals surface area (Å²) in [5.41, 5.74) is -0.483. The van der Waals surface area contributed by atoms with Crippen molar-refractivity contribution in [3.63, 3.8) is 0 Å². The molecule has 2 saturated heterocycles. The maximum atomic E-state index is 12.4. The van der Waals surface area contributed by atoms with E-state index in [1.165, 1.54) is 12.8 Å². The third-order valence-corrected chi connectivity index (χ3v) is 5.11. The van der Waals surface area contributed by atoms with E-state index in [1.807, 2.05) is 25.7 Å². The molecule has 0 radical (unpaired) electrons. The monoisotopic (exact) mass is 352 g/mol. The number of nitrogens with one attached hydrogen (secondary N) is 1. The molecule has 0 spiro atoms. The molecule has 0 aromatic rings. The Balaban J connectivity index is 1.35. The quantitative estimate of drug-likeness (QED) is 0.814. The highest BCUT2D eigenvalue weighted by Gasteiger charge is 2.34. The Morgan fingerprint density at radius 2 is 1.64 bits per heavy atom. The maximum Gasteiger partial charge on any atom is 0.410 e. The molecule has 1 unspecified atom stereocenters. The average molecular weight is 352 g/mol. The highest BCUT2D eigenvalue weighted by Crippen LogP contribution is 2.29. The van der Waals surface area contributed by atoms with Crippen LogP contribution < -0.4 is 5.32 Å². The minimum Gasteiger partial charge on any atom is -0.444 e. The first-order valence-electron chi connectivity index (χ1n) is 9.55. The van der Waals surface area contributed by atoms with E-state index >= 15 is 0 Å². The molecule has 1 N–H and O–H groups in total. The SMILES string of the molecule is CC(C)(C)OC(=O)N1CCN(C(=O)CNC2CCN(C3CC3)C2)CC1. The molecule has 3 fully saturated rings. The lowest BCUT2D eigenvalue weighted by molar-refractivity contribution is -0.132. The third kappa shape index (κ3) is 5.31. The van der Waals surface area contributed by atoms with Crippen molar-refractivity contribution in [1.82, 2.24) is 20.0 Å². The summed E-state index contributed by atoms with van der Waals surface area (Å²) in [6.07, 6.45) is 3.53. The van der Waals surface area contributed by atoms with Crippen molar-refractivity contribution >= 4 is 12.0 Å². The summed E-state index contributed by atoms with van der Waals surface area (Å²) in [6, 6.07) is 1.25. The summed E-state index contributed by atoms with van der Waals surface area (Å²) >= 11 is 0. The molecule has 7 nitrogen and oxygen atoms in total. The standard InChI is InChI=1S/C18H32N4O3/c1-18(2,3)25-17(24)21-10-8-20(9-11-21)16(23)12-19-14-6-7-22(13-14)15-4-5-15/h14-15,19H,4-13H2,1-3H3. The van der Waals surface area contributed by atoms with Crippen molar-refractivity contribution in [3.8, 4) is 0 Å². The van der Waals surface area contributed by atoms with Crippen LogP contribution in [0.25, 0.3) is 0 Å². The van der Waals surface area contributed by atoms with Crippen LogP contribution >= 0.6 is 0 Å². The fourth-order valence-corrected chi connectivity index (χ4v) is 3.53. The summed E-state index contributed by atoms with van der Waals surface area (Å²) < 4.78 is 5.39. The van der Waals surface area contributed by atoms with E-state index in [9.17, 15) is 9.59 Å². The molecular weight excluding hydrogens is 320 g/mol. The minimum atomic E-state index is -0.483. The highest BCUT2D eigenvalue weighted by atomic mass is 16.6. The van der Waals surface area contributed by atoms with Gasteiger partial charge in [0.2, 0.25) is 5.91 Å². The lowest BCUT2D eigenvalue weighted by Crippen LogP contribution is -2.53. The molecule has 3 aliphatic rings. The lowest BCUT2D eigenvalue weighted by atomic mass is 10.2. The predicted octanol–water partition coefficient (Wildman–Crippen LogP) is 0.892. The van der Waals surface area contributed by atoms with E-state index in [1.54, 1.807) is 4.90 Å². The Morgan fingerprint density at radius 3 is 2.24 bits per heavy atom. The fraction of sp³-hybridized carbons (Fsp3) is 0.889. The summed E-state index contributed by atoms with van der Waals surface area (Å²) in [4.78, 5) is 30.5. The van der Waals surface area contributed by atoms with E-state index in [2.05, 4.69) is 10.2 Å². The Morgan fingerprint density at radius 1 is 1.00 bits per heavy atom. The first-order chi connectivity index (χ1) is 11.8. The first-order valence-corrected chi connectivity index (χ1v) is 9.55. The average Bonchev–Trinajstić information content (AvgIpc) is 3.30. The number of rotatable bonds is 4. The molecule has 1 aliphatic carbocycles. The molecule has 2 aliphatic heterocycles. The molecule has 3 rings (SSSR count). The van der Waals surface area contributed by atoms with E-state index in [-0.39, 0.29) is 12.0 Å². The zero-order chi connectivity index (χ0) is 18.0. The second-order valence-electron chi connectivity index (χ2n) is 8.44. The number of carbonyl (C=O) groups is 2. The van der Waals surface area contributed by atoms with Crippen LogP contribution in [0.5, 0.6) is 0 Å². The molecule has 142 valence electrons. The third-order valence-electron chi connectivity index (χ3n) is 5.11. The number of nitrogens with zero attached hydrogens (tertiary/aromatic N) is 3. The molecular formula is C18H32N4O3. The van der Waals surface area contributed by atoms with Gasteiger partial charge in [-0.1, -0.05) is 0 Å². The number of likely N-dealkylation sites (tertiary alicyclic amines) is 1. The van der Waals surface area contributed by atoms with Crippen LogP contribution in [0.1, 0.15) is 40.0 Å². The van der Waals surface area contributed by atoms with Crippen molar-refractivity contribution in [2.75, 3.05) is 45.8 Å². The summed E-state index contributed by atoms with van der Waals surface area (Å²) in [5.74, 6) is 0.133. The summed E-state index contributed by atoms with van der Waals surface area (Å²) in [5, 5.41) is 3.42. The van der Waals surface area contributed by atoms with E-state index < -0.39 is 5.60 Å². The van der Waals surface area contributed by atoms with Gasteiger partial charge in [-0.15, -0.1) is 0 Å². The largest absolute Gasteiger partial charge is 0.444 e. The number of hydrogen-bond donors (Lipinski definition) is 1. The van der Waals surface area contributed by atoms with Gasteiger partial charge in [0.1, 0.15) is 5.60 Å². The number of amides is 2.